The van der Waals surface area contributed by atoms with Crippen molar-refractivity contribution in [3.05, 3.63) is 36.4 Å². The predicted octanol–water partition coefficient (Wildman–Crippen LogP) is 2.48. The number of nitrogens with zero attached hydrogens (tertiary/aromatic N) is 3. The molecule has 1 N–H and O–H groups in total. The van der Waals surface area contributed by atoms with Gasteiger partial charge >= 0.3 is 0 Å². The van der Waals surface area contributed by atoms with Gasteiger partial charge in [0.1, 0.15) is 12.1 Å². The Morgan fingerprint density at radius 2 is 2.15 bits per heavy atom. The molecule has 1 aliphatic rings. The number of rotatable bonds is 5. The Morgan fingerprint density at radius 3 is 2.85 bits per heavy atom. The Balaban J connectivity index is 1.54. The molecule has 7 heteroatoms. The Labute approximate surface area is 119 Å². The maximum atomic E-state index is 12.7. The molecule has 0 radical (unpaired) electrons. The van der Waals surface area contributed by atoms with Gasteiger partial charge in [-0.25, -0.2) is 4.39 Å². The fourth-order valence-electron chi connectivity index (χ4n) is 1.80. The summed E-state index contributed by atoms with van der Waals surface area (Å²) in [4.78, 5) is 11.8. The van der Waals surface area contributed by atoms with Crippen LogP contribution >= 0.6 is 11.8 Å². The van der Waals surface area contributed by atoms with Crippen LogP contribution in [0.15, 0.2) is 35.7 Å². The third-order valence-corrected chi connectivity index (χ3v) is 3.90. The highest BCUT2D eigenvalue weighted by atomic mass is 32.2. The smallest absolute Gasteiger partial charge is 0.234 e. The van der Waals surface area contributed by atoms with Gasteiger partial charge in [0.25, 0.3) is 0 Å². The SMILES string of the molecule is O=C(CSc1nncn1C1CC1)Nc1ccc(F)cc1. The fourth-order valence-corrected chi connectivity index (χ4v) is 2.58. The average molecular weight is 292 g/mol. The van der Waals surface area contributed by atoms with E-state index in [2.05, 4.69) is 15.5 Å². The van der Waals surface area contributed by atoms with E-state index in [4.69, 9.17) is 0 Å². The first-order valence-electron chi connectivity index (χ1n) is 6.30. The molecule has 1 aromatic heterocycles. The van der Waals surface area contributed by atoms with Gasteiger partial charge in [-0.05, 0) is 37.1 Å². The molecule has 20 heavy (non-hydrogen) atoms. The summed E-state index contributed by atoms with van der Waals surface area (Å²) in [5, 5.41) is 11.4. The van der Waals surface area contributed by atoms with Crippen molar-refractivity contribution in [2.45, 2.75) is 24.0 Å². The van der Waals surface area contributed by atoms with E-state index in [1.165, 1.54) is 36.0 Å². The maximum absolute atomic E-state index is 12.7. The molecule has 0 aliphatic heterocycles. The summed E-state index contributed by atoms with van der Waals surface area (Å²) in [5.41, 5.74) is 0.584. The Bertz CT molecular complexity index is 609. The van der Waals surface area contributed by atoms with Crippen LogP contribution in [0.25, 0.3) is 0 Å². The molecule has 1 saturated carbocycles. The van der Waals surface area contributed by atoms with Gasteiger partial charge in [0.2, 0.25) is 5.91 Å². The molecule has 1 aromatic carbocycles. The highest BCUT2D eigenvalue weighted by molar-refractivity contribution is 7.99. The standard InChI is InChI=1S/C13H13FN4OS/c14-9-1-3-10(4-2-9)16-12(19)7-20-13-17-15-8-18(13)11-5-6-11/h1-4,8,11H,5-7H2,(H,16,19). The summed E-state index contributed by atoms with van der Waals surface area (Å²) in [7, 11) is 0. The van der Waals surface area contributed by atoms with Crippen LogP contribution in [0.3, 0.4) is 0 Å². The first-order chi connectivity index (χ1) is 9.72. The normalized spacial score (nSPS) is 14.2. The van der Waals surface area contributed by atoms with Crippen LogP contribution in [0.1, 0.15) is 18.9 Å². The zero-order valence-corrected chi connectivity index (χ0v) is 11.4. The Kier molecular flexibility index (Phi) is 3.68. The Morgan fingerprint density at radius 1 is 1.40 bits per heavy atom. The van der Waals surface area contributed by atoms with Gasteiger partial charge in [0.15, 0.2) is 5.16 Å². The second-order valence-electron chi connectivity index (χ2n) is 4.60. The van der Waals surface area contributed by atoms with Crippen LogP contribution in [0.5, 0.6) is 0 Å². The third kappa shape index (κ3) is 3.16. The van der Waals surface area contributed by atoms with Gasteiger partial charge in [0, 0.05) is 11.7 Å². The van der Waals surface area contributed by atoms with Gasteiger partial charge in [-0.3, -0.25) is 4.79 Å². The van der Waals surface area contributed by atoms with Gasteiger partial charge in [-0.1, -0.05) is 11.8 Å². The molecule has 1 amide bonds. The molecule has 3 rings (SSSR count). The van der Waals surface area contributed by atoms with Crippen LogP contribution in [-0.2, 0) is 4.79 Å². The number of hydrogen-bond donors (Lipinski definition) is 1. The van der Waals surface area contributed by atoms with Crippen molar-refractivity contribution in [2.24, 2.45) is 0 Å². The zero-order chi connectivity index (χ0) is 13.9. The molecule has 2 aromatic rings. The molecular formula is C13H13FN4OS. The highest BCUT2D eigenvalue weighted by Gasteiger charge is 2.26. The van der Waals surface area contributed by atoms with E-state index in [0.29, 0.717) is 11.7 Å². The summed E-state index contributed by atoms with van der Waals surface area (Å²) in [6.07, 6.45) is 4.00. The Hall–Kier alpha value is -1.89. The molecule has 1 heterocycles. The second-order valence-corrected chi connectivity index (χ2v) is 5.54. The maximum Gasteiger partial charge on any atom is 0.234 e. The van der Waals surface area contributed by atoms with Crippen LogP contribution in [0.4, 0.5) is 10.1 Å². The topological polar surface area (TPSA) is 59.8 Å². The lowest BCUT2D eigenvalue weighted by Gasteiger charge is -2.05. The molecule has 104 valence electrons. The molecule has 0 atom stereocenters. The quantitative estimate of drug-likeness (QED) is 0.860. The molecule has 5 nitrogen and oxygen atoms in total. The average Bonchev–Trinajstić information content (AvgIpc) is 3.18. The lowest BCUT2D eigenvalue weighted by Crippen LogP contribution is -2.14. The number of amides is 1. The minimum absolute atomic E-state index is 0.146. The van der Waals surface area contributed by atoms with Crippen LogP contribution in [0, 0.1) is 5.82 Å². The number of halogens is 1. The molecule has 0 bridgehead atoms. The van der Waals surface area contributed by atoms with Crippen molar-refractivity contribution < 1.29 is 9.18 Å². The molecular weight excluding hydrogens is 279 g/mol. The predicted molar refractivity (Wildman–Crippen MR) is 74.0 cm³/mol. The van der Waals surface area contributed by atoms with Gasteiger partial charge in [-0.2, -0.15) is 0 Å². The molecule has 0 saturated heterocycles. The minimum atomic E-state index is -0.324. The van der Waals surface area contributed by atoms with Crippen molar-refractivity contribution in [3.8, 4) is 0 Å². The molecule has 1 fully saturated rings. The van der Waals surface area contributed by atoms with Crippen molar-refractivity contribution in [1.29, 1.82) is 0 Å². The van der Waals surface area contributed by atoms with E-state index in [9.17, 15) is 9.18 Å². The lowest BCUT2D eigenvalue weighted by molar-refractivity contribution is -0.113. The van der Waals surface area contributed by atoms with Gasteiger partial charge in [-0.15, -0.1) is 10.2 Å². The molecule has 0 spiro atoms. The highest BCUT2D eigenvalue weighted by Crippen LogP contribution is 2.37. The summed E-state index contributed by atoms with van der Waals surface area (Å²) < 4.78 is 14.8. The van der Waals surface area contributed by atoms with Crippen LogP contribution in [0.2, 0.25) is 0 Å². The second kappa shape index (κ2) is 5.62. The van der Waals surface area contributed by atoms with Crippen molar-refractivity contribution in [1.82, 2.24) is 14.8 Å². The van der Waals surface area contributed by atoms with E-state index in [0.717, 1.165) is 18.0 Å². The fraction of sp³-hybridized carbons (Fsp3) is 0.308. The number of carbonyl (C=O) groups excluding carboxylic acids is 1. The summed E-state index contributed by atoms with van der Waals surface area (Å²) in [6.45, 7) is 0. The summed E-state index contributed by atoms with van der Waals surface area (Å²) in [5.74, 6) is -0.218. The molecule has 0 unspecified atom stereocenters. The van der Waals surface area contributed by atoms with E-state index >= 15 is 0 Å². The zero-order valence-electron chi connectivity index (χ0n) is 10.6. The summed E-state index contributed by atoms with van der Waals surface area (Å²) >= 11 is 1.36. The largest absolute Gasteiger partial charge is 0.325 e. The number of benzene rings is 1. The molecule has 1 aliphatic carbocycles. The van der Waals surface area contributed by atoms with E-state index < -0.39 is 0 Å². The number of thioether (sulfide) groups is 1. The van der Waals surface area contributed by atoms with Gasteiger partial charge < -0.3 is 9.88 Å². The monoisotopic (exact) mass is 292 g/mol. The van der Waals surface area contributed by atoms with E-state index in [-0.39, 0.29) is 17.5 Å². The number of aromatic nitrogens is 3. The van der Waals surface area contributed by atoms with E-state index in [1.54, 1.807) is 6.33 Å². The first-order valence-corrected chi connectivity index (χ1v) is 7.28. The lowest BCUT2D eigenvalue weighted by atomic mass is 10.3. The van der Waals surface area contributed by atoms with Crippen molar-refractivity contribution in [2.75, 3.05) is 11.1 Å². The van der Waals surface area contributed by atoms with Crippen LogP contribution < -0.4 is 5.32 Å². The van der Waals surface area contributed by atoms with Crippen molar-refractivity contribution >= 4 is 23.4 Å². The number of nitrogens with one attached hydrogen (secondary N) is 1. The van der Waals surface area contributed by atoms with Gasteiger partial charge in [0.05, 0.1) is 5.75 Å². The number of anilines is 1. The summed E-state index contributed by atoms with van der Waals surface area (Å²) in [6, 6.07) is 6.18. The minimum Gasteiger partial charge on any atom is -0.325 e. The number of carbonyl (C=O) groups is 1. The van der Waals surface area contributed by atoms with Crippen LogP contribution in [-0.4, -0.2) is 26.4 Å². The van der Waals surface area contributed by atoms with Crippen molar-refractivity contribution in [3.63, 3.8) is 0 Å². The third-order valence-electron chi connectivity index (χ3n) is 2.94. The van der Waals surface area contributed by atoms with E-state index in [1.807, 2.05) is 4.57 Å². The number of hydrogen-bond acceptors (Lipinski definition) is 4. The first kappa shape index (κ1) is 13.1.